The van der Waals surface area contributed by atoms with E-state index >= 15 is 0 Å². The molecule has 8 heteroatoms. The van der Waals surface area contributed by atoms with Crippen LogP contribution < -0.4 is 5.32 Å². The van der Waals surface area contributed by atoms with Gasteiger partial charge in [-0.1, -0.05) is 36.4 Å². The van der Waals surface area contributed by atoms with Crippen molar-refractivity contribution in [2.75, 3.05) is 29.9 Å². The summed E-state index contributed by atoms with van der Waals surface area (Å²) in [5.41, 5.74) is 3.36. The van der Waals surface area contributed by atoms with Crippen LogP contribution in [0.5, 0.6) is 0 Å². The maximum atomic E-state index is 13.3. The average Bonchev–Trinajstić information content (AvgIpc) is 3.16. The van der Waals surface area contributed by atoms with Gasteiger partial charge in [-0.25, -0.2) is 13.1 Å². The standard InChI is InChI=1S/C22H24N4O3S/c1-17-10-11-23-26(17)20-9-5-8-19(16-20)24-22(27)21(18-6-3-2-4-7-18)25-12-14-30(28,29)15-13-25/h2-11,16,21H,12-15H2,1H3,(H,24,27). The van der Waals surface area contributed by atoms with E-state index in [0.29, 0.717) is 18.8 Å². The molecule has 2 aromatic carbocycles. The van der Waals surface area contributed by atoms with E-state index in [4.69, 9.17) is 0 Å². The fraction of sp³-hybridized carbons (Fsp3) is 0.273. The first-order chi connectivity index (χ1) is 14.4. The van der Waals surface area contributed by atoms with Crippen LogP contribution >= 0.6 is 0 Å². The molecule has 0 bridgehead atoms. The Hall–Kier alpha value is -2.97. The number of hydrogen-bond donors (Lipinski definition) is 1. The van der Waals surface area contributed by atoms with Crippen molar-refractivity contribution in [1.82, 2.24) is 14.7 Å². The van der Waals surface area contributed by atoms with Gasteiger partial charge in [-0.15, -0.1) is 0 Å². The molecule has 2 heterocycles. The topological polar surface area (TPSA) is 84.3 Å². The lowest BCUT2D eigenvalue weighted by molar-refractivity contribution is -0.121. The third-order valence-electron chi connectivity index (χ3n) is 5.30. The summed E-state index contributed by atoms with van der Waals surface area (Å²) in [7, 11) is -3.03. The second-order valence-corrected chi connectivity index (χ2v) is 9.73. The first-order valence-corrected chi connectivity index (χ1v) is 11.7. The Morgan fingerprint density at radius 3 is 2.43 bits per heavy atom. The second-order valence-electron chi connectivity index (χ2n) is 7.42. The number of nitrogens with zero attached hydrogens (tertiary/aromatic N) is 3. The van der Waals surface area contributed by atoms with Crippen molar-refractivity contribution in [3.05, 3.63) is 78.1 Å². The number of rotatable bonds is 5. The van der Waals surface area contributed by atoms with E-state index in [1.807, 2.05) is 72.5 Å². The van der Waals surface area contributed by atoms with E-state index in [9.17, 15) is 13.2 Å². The molecule has 0 spiro atoms. The molecule has 1 aromatic heterocycles. The maximum absolute atomic E-state index is 13.3. The molecule has 0 saturated carbocycles. The van der Waals surface area contributed by atoms with E-state index in [1.165, 1.54) is 0 Å². The van der Waals surface area contributed by atoms with E-state index in [-0.39, 0.29) is 17.4 Å². The Morgan fingerprint density at radius 1 is 1.03 bits per heavy atom. The number of aryl methyl sites for hydroxylation is 1. The molecule has 30 heavy (non-hydrogen) atoms. The average molecular weight is 425 g/mol. The predicted molar refractivity (Wildman–Crippen MR) is 116 cm³/mol. The molecule has 156 valence electrons. The number of hydrogen-bond acceptors (Lipinski definition) is 5. The van der Waals surface area contributed by atoms with Crippen molar-refractivity contribution >= 4 is 21.4 Å². The molecule has 1 fully saturated rings. The van der Waals surface area contributed by atoms with Crippen LogP contribution in [0.25, 0.3) is 5.69 Å². The monoisotopic (exact) mass is 424 g/mol. The summed E-state index contributed by atoms with van der Waals surface area (Å²) in [6.07, 6.45) is 1.73. The van der Waals surface area contributed by atoms with Gasteiger partial charge in [-0.2, -0.15) is 5.10 Å². The highest BCUT2D eigenvalue weighted by Crippen LogP contribution is 2.25. The zero-order valence-electron chi connectivity index (χ0n) is 16.7. The highest BCUT2D eigenvalue weighted by atomic mass is 32.2. The van der Waals surface area contributed by atoms with Crippen molar-refractivity contribution in [2.24, 2.45) is 0 Å². The number of amides is 1. The molecule has 4 rings (SSSR count). The second kappa shape index (κ2) is 8.41. The number of sulfone groups is 1. The molecule has 1 saturated heterocycles. The minimum absolute atomic E-state index is 0.0671. The van der Waals surface area contributed by atoms with Crippen molar-refractivity contribution < 1.29 is 13.2 Å². The normalized spacial score (nSPS) is 17.4. The van der Waals surface area contributed by atoms with Gasteiger partial charge in [0.15, 0.2) is 9.84 Å². The molecule has 0 radical (unpaired) electrons. The Balaban J connectivity index is 1.59. The van der Waals surface area contributed by atoms with Crippen LogP contribution in [0.3, 0.4) is 0 Å². The van der Waals surface area contributed by atoms with Crippen LogP contribution in [-0.2, 0) is 14.6 Å². The van der Waals surface area contributed by atoms with Crippen LogP contribution in [-0.4, -0.2) is 53.6 Å². The van der Waals surface area contributed by atoms with Gasteiger partial charge in [0.25, 0.3) is 0 Å². The van der Waals surface area contributed by atoms with Gasteiger partial charge in [0.05, 0.1) is 17.2 Å². The molecule has 1 aliphatic rings. The first kappa shape index (κ1) is 20.3. The van der Waals surface area contributed by atoms with Gasteiger partial charge in [-0.3, -0.25) is 9.69 Å². The van der Waals surface area contributed by atoms with Gasteiger partial charge in [0.1, 0.15) is 6.04 Å². The van der Waals surface area contributed by atoms with Crippen molar-refractivity contribution in [3.8, 4) is 5.69 Å². The molecular weight excluding hydrogens is 400 g/mol. The van der Waals surface area contributed by atoms with Crippen molar-refractivity contribution in [1.29, 1.82) is 0 Å². The van der Waals surface area contributed by atoms with Gasteiger partial charge < -0.3 is 5.32 Å². The summed E-state index contributed by atoms with van der Waals surface area (Å²) in [5, 5.41) is 7.32. The zero-order valence-corrected chi connectivity index (χ0v) is 17.5. The fourth-order valence-electron chi connectivity index (χ4n) is 3.71. The molecule has 7 nitrogen and oxygen atoms in total. The first-order valence-electron chi connectivity index (χ1n) is 9.84. The van der Waals surface area contributed by atoms with Gasteiger partial charge in [0.2, 0.25) is 5.91 Å². The Kier molecular flexibility index (Phi) is 5.69. The minimum Gasteiger partial charge on any atom is -0.324 e. The van der Waals surface area contributed by atoms with Crippen LogP contribution in [0, 0.1) is 6.92 Å². The smallest absolute Gasteiger partial charge is 0.246 e. The number of anilines is 1. The van der Waals surface area contributed by atoms with Gasteiger partial charge in [-0.05, 0) is 36.8 Å². The summed E-state index contributed by atoms with van der Waals surface area (Å²) in [6.45, 7) is 2.64. The quantitative estimate of drug-likeness (QED) is 0.681. The lowest BCUT2D eigenvalue weighted by atomic mass is 10.0. The summed E-state index contributed by atoms with van der Waals surface area (Å²) < 4.78 is 25.5. The molecular formula is C22H24N4O3S. The zero-order chi connectivity index (χ0) is 21.1. The predicted octanol–water partition coefficient (Wildman–Crippen LogP) is 2.59. The van der Waals surface area contributed by atoms with Crippen LogP contribution in [0.2, 0.25) is 0 Å². The van der Waals surface area contributed by atoms with Crippen LogP contribution in [0.4, 0.5) is 5.69 Å². The lowest BCUT2D eigenvalue weighted by Crippen LogP contribution is -2.46. The number of nitrogens with one attached hydrogen (secondary N) is 1. The highest BCUT2D eigenvalue weighted by Gasteiger charge is 2.32. The van der Waals surface area contributed by atoms with E-state index in [1.54, 1.807) is 10.9 Å². The van der Waals surface area contributed by atoms with Crippen LogP contribution in [0.1, 0.15) is 17.3 Å². The summed E-state index contributed by atoms with van der Waals surface area (Å²) in [5.74, 6) is -0.0511. The lowest BCUT2D eigenvalue weighted by Gasteiger charge is -2.33. The number of carbonyl (C=O) groups excluding carboxylic acids is 1. The van der Waals surface area contributed by atoms with E-state index in [2.05, 4.69) is 10.4 Å². The van der Waals surface area contributed by atoms with Gasteiger partial charge in [0, 0.05) is 30.7 Å². The molecule has 0 aliphatic carbocycles. The highest BCUT2D eigenvalue weighted by molar-refractivity contribution is 7.91. The maximum Gasteiger partial charge on any atom is 0.246 e. The SMILES string of the molecule is Cc1ccnn1-c1cccc(NC(=O)C(c2ccccc2)N2CCS(=O)(=O)CC2)c1. The Labute approximate surface area is 176 Å². The summed E-state index contributed by atoms with van der Waals surface area (Å²) in [6, 6.07) is 18.3. The largest absolute Gasteiger partial charge is 0.324 e. The molecule has 1 amide bonds. The number of carbonyl (C=O) groups is 1. The molecule has 1 N–H and O–H groups in total. The number of benzene rings is 2. The van der Waals surface area contributed by atoms with Crippen molar-refractivity contribution in [2.45, 2.75) is 13.0 Å². The fourth-order valence-corrected chi connectivity index (χ4v) is 4.94. The Bertz CT molecular complexity index is 1130. The van der Waals surface area contributed by atoms with Gasteiger partial charge >= 0.3 is 0 Å². The molecule has 1 unspecified atom stereocenters. The minimum atomic E-state index is -3.03. The van der Waals surface area contributed by atoms with Crippen LogP contribution in [0.15, 0.2) is 66.9 Å². The van der Waals surface area contributed by atoms with E-state index in [0.717, 1.165) is 16.9 Å². The molecule has 1 aliphatic heterocycles. The number of aromatic nitrogens is 2. The third kappa shape index (κ3) is 4.44. The molecule has 3 aromatic rings. The van der Waals surface area contributed by atoms with E-state index < -0.39 is 15.9 Å². The molecule has 1 atom stereocenters. The summed E-state index contributed by atoms with van der Waals surface area (Å²) >= 11 is 0. The third-order valence-corrected chi connectivity index (χ3v) is 6.91. The van der Waals surface area contributed by atoms with Crippen molar-refractivity contribution in [3.63, 3.8) is 0 Å². The Morgan fingerprint density at radius 2 is 1.77 bits per heavy atom. The summed E-state index contributed by atoms with van der Waals surface area (Å²) in [4.78, 5) is 15.3.